The predicted octanol–water partition coefficient (Wildman–Crippen LogP) is 3.83. The summed E-state index contributed by atoms with van der Waals surface area (Å²) in [6.45, 7) is 3.76. The minimum atomic E-state index is -0.817. The molecule has 5 heteroatoms. The van der Waals surface area contributed by atoms with Gasteiger partial charge in [0, 0.05) is 23.2 Å². The Hall–Kier alpha value is -1.33. The molecule has 0 spiro atoms. The van der Waals surface area contributed by atoms with Gasteiger partial charge in [0.1, 0.15) is 5.01 Å². The summed E-state index contributed by atoms with van der Waals surface area (Å²) >= 11 is 1.53. The molecule has 96 valence electrons. The van der Waals surface area contributed by atoms with Crippen LogP contribution in [-0.2, 0) is 0 Å². The number of aromatic nitrogens is 1. The van der Waals surface area contributed by atoms with Gasteiger partial charge in [-0.1, -0.05) is 12.1 Å². The molecule has 18 heavy (non-hydrogen) atoms. The molecule has 2 rings (SSSR count). The van der Waals surface area contributed by atoms with Gasteiger partial charge in [-0.2, -0.15) is 0 Å². The lowest BCUT2D eigenvalue weighted by Gasteiger charge is -2.19. The largest absolute Gasteiger partial charge is 0.301 e. The highest BCUT2D eigenvalue weighted by atomic mass is 32.1. The summed E-state index contributed by atoms with van der Waals surface area (Å²) in [5, 5.41) is 6.03. The van der Waals surface area contributed by atoms with Crippen molar-refractivity contribution in [2.75, 3.05) is 0 Å². The van der Waals surface area contributed by atoms with Crippen molar-refractivity contribution in [3.63, 3.8) is 0 Å². The van der Waals surface area contributed by atoms with Crippen molar-refractivity contribution >= 4 is 11.3 Å². The molecule has 0 aliphatic carbocycles. The molecule has 1 N–H and O–H groups in total. The van der Waals surface area contributed by atoms with Crippen LogP contribution in [0.15, 0.2) is 29.8 Å². The van der Waals surface area contributed by atoms with Gasteiger partial charge in [0.05, 0.1) is 6.04 Å². The number of hydrogen-bond donors (Lipinski definition) is 1. The SMILES string of the molecule is CC(NC(C)c1cccc(F)c1F)c1nccs1. The van der Waals surface area contributed by atoms with Crippen LogP contribution >= 0.6 is 11.3 Å². The summed E-state index contributed by atoms with van der Waals surface area (Å²) in [7, 11) is 0. The molecule has 0 saturated carbocycles. The van der Waals surface area contributed by atoms with Gasteiger partial charge in [-0.05, 0) is 19.9 Å². The predicted molar refractivity (Wildman–Crippen MR) is 68.4 cm³/mol. The second kappa shape index (κ2) is 5.54. The summed E-state index contributed by atoms with van der Waals surface area (Å²) < 4.78 is 26.8. The zero-order chi connectivity index (χ0) is 13.1. The van der Waals surface area contributed by atoms with Crippen molar-refractivity contribution in [2.45, 2.75) is 25.9 Å². The maximum atomic E-state index is 13.6. The smallest absolute Gasteiger partial charge is 0.163 e. The maximum absolute atomic E-state index is 13.6. The van der Waals surface area contributed by atoms with Gasteiger partial charge in [-0.3, -0.25) is 0 Å². The summed E-state index contributed by atoms with van der Waals surface area (Å²) in [4.78, 5) is 4.19. The molecule has 0 fully saturated rings. The fraction of sp³-hybridized carbons (Fsp3) is 0.308. The summed E-state index contributed by atoms with van der Waals surface area (Å²) in [6.07, 6.45) is 1.73. The van der Waals surface area contributed by atoms with Crippen LogP contribution in [0.1, 0.15) is 36.5 Å². The maximum Gasteiger partial charge on any atom is 0.163 e. The van der Waals surface area contributed by atoms with Gasteiger partial charge in [0.15, 0.2) is 11.6 Å². The molecule has 0 saturated heterocycles. The average Bonchev–Trinajstić information content (AvgIpc) is 2.86. The van der Waals surface area contributed by atoms with Gasteiger partial charge in [-0.15, -0.1) is 11.3 Å². The second-order valence-corrected chi connectivity index (χ2v) is 5.05. The molecule has 1 heterocycles. The molecule has 1 aromatic carbocycles. The number of thiazole rings is 1. The lowest BCUT2D eigenvalue weighted by molar-refractivity contribution is 0.448. The first-order chi connectivity index (χ1) is 8.59. The van der Waals surface area contributed by atoms with Gasteiger partial charge in [0.2, 0.25) is 0 Å². The van der Waals surface area contributed by atoms with E-state index in [-0.39, 0.29) is 12.1 Å². The fourth-order valence-electron chi connectivity index (χ4n) is 1.84. The molecule has 1 aromatic heterocycles. The topological polar surface area (TPSA) is 24.9 Å². The van der Waals surface area contributed by atoms with E-state index in [1.54, 1.807) is 12.3 Å². The molecule has 0 amide bonds. The normalized spacial score (nSPS) is 14.4. The molecular formula is C13H14F2N2S. The quantitative estimate of drug-likeness (QED) is 0.911. The van der Waals surface area contributed by atoms with Crippen LogP contribution < -0.4 is 5.32 Å². The first kappa shape index (κ1) is 13.1. The van der Waals surface area contributed by atoms with E-state index in [9.17, 15) is 8.78 Å². The Labute approximate surface area is 109 Å². The third-order valence-corrected chi connectivity index (χ3v) is 3.73. The molecule has 2 aromatic rings. The number of rotatable bonds is 4. The van der Waals surface area contributed by atoms with Crippen molar-refractivity contribution in [3.8, 4) is 0 Å². The van der Waals surface area contributed by atoms with E-state index in [0.717, 1.165) is 11.1 Å². The number of hydrogen-bond acceptors (Lipinski definition) is 3. The van der Waals surface area contributed by atoms with E-state index in [2.05, 4.69) is 10.3 Å². The van der Waals surface area contributed by atoms with E-state index in [1.807, 2.05) is 19.2 Å². The Balaban J connectivity index is 2.12. The number of benzene rings is 1. The van der Waals surface area contributed by atoms with Crippen LogP contribution in [0.3, 0.4) is 0 Å². The zero-order valence-electron chi connectivity index (χ0n) is 10.2. The van der Waals surface area contributed by atoms with E-state index in [1.165, 1.54) is 17.4 Å². The molecule has 0 aliphatic rings. The van der Waals surface area contributed by atoms with Gasteiger partial charge in [0.25, 0.3) is 0 Å². The third-order valence-electron chi connectivity index (χ3n) is 2.77. The Bertz CT molecular complexity index is 514. The number of nitrogens with one attached hydrogen (secondary N) is 1. The van der Waals surface area contributed by atoms with Crippen LogP contribution in [0.5, 0.6) is 0 Å². The van der Waals surface area contributed by atoms with Crippen LogP contribution in [0, 0.1) is 11.6 Å². The van der Waals surface area contributed by atoms with Crippen LogP contribution in [-0.4, -0.2) is 4.98 Å². The van der Waals surface area contributed by atoms with Crippen molar-refractivity contribution in [3.05, 3.63) is 52.0 Å². The van der Waals surface area contributed by atoms with E-state index in [4.69, 9.17) is 0 Å². The average molecular weight is 268 g/mol. The van der Waals surface area contributed by atoms with Crippen molar-refractivity contribution in [2.24, 2.45) is 0 Å². The fourth-order valence-corrected chi connectivity index (χ4v) is 2.49. The summed E-state index contributed by atoms with van der Waals surface area (Å²) in [6, 6.07) is 3.95. The van der Waals surface area contributed by atoms with Crippen molar-refractivity contribution in [1.82, 2.24) is 10.3 Å². The third kappa shape index (κ3) is 2.73. The van der Waals surface area contributed by atoms with E-state index in [0.29, 0.717) is 5.56 Å². The molecule has 0 aliphatic heterocycles. The van der Waals surface area contributed by atoms with E-state index >= 15 is 0 Å². The van der Waals surface area contributed by atoms with Crippen LogP contribution in [0.25, 0.3) is 0 Å². The minimum absolute atomic E-state index is 0.00247. The van der Waals surface area contributed by atoms with Gasteiger partial charge in [-0.25, -0.2) is 13.8 Å². The highest BCUT2D eigenvalue weighted by molar-refractivity contribution is 7.09. The van der Waals surface area contributed by atoms with Crippen LogP contribution in [0.2, 0.25) is 0 Å². The number of halogens is 2. The molecule has 2 nitrogen and oxygen atoms in total. The summed E-state index contributed by atoms with van der Waals surface area (Å²) in [5.41, 5.74) is 0.332. The van der Waals surface area contributed by atoms with Gasteiger partial charge < -0.3 is 5.32 Å². The Morgan fingerprint density at radius 3 is 2.67 bits per heavy atom. The highest BCUT2D eigenvalue weighted by Gasteiger charge is 2.17. The van der Waals surface area contributed by atoms with Gasteiger partial charge >= 0.3 is 0 Å². The lowest BCUT2D eigenvalue weighted by Crippen LogP contribution is -2.23. The molecular weight excluding hydrogens is 254 g/mol. The monoisotopic (exact) mass is 268 g/mol. The summed E-state index contributed by atoms with van der Waals surface area (Å²) in [5.74, 6) is -1.60. The molecule has 0 bridgehead atoms. The lowest BCUT2D eigenvalue weighted by atomic mass is 10.1. The zero-order valence-corrected chi connectivity index (χ0v) is 11.0. The molecule has 0 radical (unpaired) electrons. The van der Waals surface area contributed by atoms with E-state index < -0.39 is 11.6 Å². The Morgan fingerprint density at radius 1 is 1.22 bits per heavy atom. The highest BCUT2D eigenvalue weighted by Crippen LogP contribution is 2.23. The molecule has 2 atom stereocenters. The van der Waals surface area contributed by atoms with Crippen LogP contribution in [0.4, 0.5) is 8.78 Å². The van der Waals surface area contributed by atoms with Crippen molar-refractivity contribution in [1.29, 1.82) is 0 Å². The first-order valence-corrected chi connectivity index (χ1v) is 6.57. The standard InChI is InChI=1S/C13H14F2N2S/c1-8(10-4-3-5-11(14)12(10)15)17-9(2)13-16-6-7-18-13/h3-9,17H,1-2H3. The Kier molecular flexibility index (Phi) is 4.04. The molecule has 2 unspecified atom stereocenters. The minimum Gasteiger partial charge on any atom is -0.301 e. The number of nitrogens with zero attached hydrogens (tertiary/aromatic N) is 1. The first-order valence-electron chi connectivity index (χ1n) is 5.69. The Morgan fingerprint density at radius 2 is 2.00 bits per heavy atom. The van der Waals surface area contributed by atoms with Crippen molar-refractivity contribution < 1.29 is 8.78 Å². The second-order valence-electron chi connectivity index (χ2n) is 4.12.